The van der Waals surface area contributed by atoms with E-state index in [1.165, 1.54) is 15.3 Å². The average molecular weight is 566 g/mol. The first-order valence-corrected chi connectivity index (χ1v) is 14.1. The summed E-state index contributed by atoms with van der Waals surface area (Å²) in [6.45, 7) is 7.04. The molecule has 1 atom stereocenters. The van der Waals surface area contributed by atoms with Gasteiger partial charge in [0.05, 0.1) is 30.9 Å². The molecule has 204 valence electrons. The third-order valence-corrected chi connectivity index (χ3v) is 7.83. The van der Waals surface area contributed by atoms with Crippen molar-refractivity contribution in [3.05, 3.63) is 76.0 Å². The first kappa shape index (κ1) is 28.3. The number of esters is 1. The molecule has 1 aliphatic heterocycles. The van der Waals surface area contributed by atoms with Crippen LogP contribution in [0.3, 0.4) is 0 Å². The van der Waals surface area contributed by atoms with Gasteiger partial charge in [0.1, 0.15) is 11.8 Å². The van der Waals surface area contributed by atoms with E-state index in [9.17, 15) is 14.4 Å². The number of carbonyl (C=O) groups excluding carboxylic acids is 3. The van der Waals surface area contributed by atoms with Gasteiger partial charge in [-0.1, -0.05) is 0 Å². The molecule has 0 unspecified atom stereocenters. The first-order chi connectivity index (χ1) is 18.8. The third-order valence-electron chi connectivity index (χ3n) is 6.33. The predicted octanol–water partition coefficient (Wildman–Crippen LogP) is 5.21. The average Bonchev–Trinajstić information content (AvgIpc) is 3.43. The van der Waals surface area contributed by atoms with Gasteiger partial charge in [-0.25, -0.2) is 4.79 Å². The van der Waals surface area contributed by atoms with Gasteiger partial charge in [0.15, 0.2) is 5.11 Å². The van der Waals surface area contributed by atoms with Crippen molar-refractivity contribution < 1.29 is 23.9 Å². The highest BCUT2D eigenvalue weighted by atomic mass is 32.1. The van der Waals surface area contributed by atoms with Gasteiger partial charge in [-0.05, 0) is 105 Å². The van der Waals surface area contributed by atoms with Gasteiger partial charge in [0.2, 0.25) is 5.91 Å². The minimum Gasteiger partial charge on any atom is -0.494 e. The van der Waals surface area contributed by atoms with E-state index in [0.29, 0.717) is 47.4 Å². The summed E-state index contributed by atoms with van der Waals surface area (Å²) in [5, 5.41) is 5.25. The molecule has 0 saturated carbocycles. The third kappa shape index (κ3) is 6.63. The minimum atomic E-state index is -0.747. The van der Waals surface area contributed by atoms with E-state index >= 15 is 0 Å². The summed E-state index contributed by atoms with van der Waals surface area (Å²) in [6.07, 6.45) is 0.636. The van der Waals surface area contributed by atoms with Crippen LogP contribution in [0.5, 0.6) is 5.75 Å². The number of hydrogen-bond acceptors (Lipinski definition) is 7. The molecular weight excluding hydrogens is 534 g/mol. The quantitative estimate of drug-likeness (QED) is 0.252. The second kappa shape index (κ2) is 12.9. The van der Waals surface area contributed by atoms with Crippen LogP contribution in [-0.4, -0.2) is 53.6 Å². The highest BCUT2D eigenvalue weighted by molar-refractivity contribution is 7.80. The van der Waals surface area contributed by atoms with Crippen LogP contribution >= 0.6 is 23.6 Å². The summed E-state index contributed by atoms with van der Waals surface area (Å²) >= 11 is 7.45. The molecule has 1 N–H and O–H groups in total. The summed E-state index contributed by atoms with van der Waals surface area (Å²) in [4.78, 5) is 43.2. The Hall–Kier alpha value is -3.76. The van der Waals surface area contributed by atoms with Crippen LogP contribution in [0.1, 0.15) is 41.1 Å². The Morgan fingerprint density at radius 3 is 2.36 bits per heavy atom. The van der Waals surface area contributed by atoms with Gasteiger partial charge >= 0.3 is 5.97 Å². The number of benzene rings is 2. The number of hydrogen-bond donors (Lipinski definition) is 1. The Morgan fingerprint density at radius 1 is 1.03 bits per heavy atom. The van der Waals surface area contributed by atoms with E-state index in [1.807, 2.05) is 17.2 Å². The molecule has 2 heterocycles. The number of anilines is 2. The Kier molecular flexibility index (Phi) is 9.32. The number of nitrogens with one attached hydrogen (secondary N) is 1. The molecule has 2 aromatic carbocycles. The topological polar surface area (TPSA) is 88.2 Å². The standard InChI is InChI=1S/C29H31N3O5S2/c1-4-36-23-12-10-22(11-13-23)32-27(34)24(31(29(32)38)16-14-25-19(3)15-17-39-25)18-26(33)30-21-8-6-20(7-9-21)28(35)37-5-2/h6-13,15,17,24H,4-5,14,16,18H2,1-3H3,(H,30,33)/t24-/m0/s1. The Bertz CT molecular complexity index is 1340. The Morgan fingerprint density at radius 2 is 1.74 bits per heavy atom. The zero-order valence-electron chi connectivity index (χ0n) is 22.1. The van der Waals surface area contributed by atoms with Gasteiger partial charge in [0.25, 0.3) is 5.91 Å². The highest BCUT2D eigenvalue weighted by Crippen LogP contribution is 2.30. The van der Waals surface area contributed by atoms with E-state index in [4.69, 9.17) is 21.7 Å². The molecule has 1 saturated heterocycles. The maximum Gasteiger partial charge on any atom is 0.338 e. The van der Waals surface area contributed by atoms with Gasteiger partial charge in [-0.15, -0.1) is 11.3 Å². The smallest absolute Gasteiger partial charge is 0.338 e. The van der Waals surface area contributed by atoms with Crippen molar-refractivity contribution >= 4 is 57.8 Å². The van der Waals surface area contributed by atoms with Crippen LogP contribution in [0.25, 0.3) is 0 Å². The number of rotatable bonds is 11. The first-order valence-electron chi connectivity index (χ1n) is 12.8. The largest absolute Gasteiger partial charge is 0.494 e. The van der Waals surface area contributed by atoms with Crippen molar-refractivity contribution in [2.24, 2.45) is 0 Å². The van der Waals surface area contributed by atoms with E-state index in [2.05, 4.69) is 18.3 Å². The number of thiophene rings is 1. The predicted molar refractivity (Wildman–Crippen MR) is 157 cm³/mol. The molecule has 0 spiro atoms. The molecule has 8 nitrogen and oxygen atoms in total. The van der Waals surface area contributed by atoms with Gasteiger partial charge in [-0.2, -0.15) is 0 Å². The molecule has 39 heavy (non-hydrogen) atoms. The van der Waals surface area contributed by atoms with E-state index in [0.717, 1.165) is 0 Å². The Balaban J connectivity index is 1.51. The lowest BCUT2D eigenvalue weighted by Crippen LogP contribution is -2.39. The van der Waals surface area contributed by atoms with Crippen LogP contribution in [0, 0.1) is 6.92 Å². The fourth-order valence-corrected chi connectivity index (χ4v) is 5.67. The van der Waals surface area contributed by atoms with Crippen molar-refractivity contribution in [2.75, 3.05) is 30.0 Å². The van der Waals surface area contributed by atoms with Gasteiger partial charge in [0, 0.05) is 17.1 Å². The number of aryl methyl sites for hydroxylation is 1. The minimum absolute atomic E-state index is 0.0739. The maximum atomic E-state index is 13.7. The zero-order valence-corrected chi connectivity index (χ0v) is 23.8. The lowest BCUT2D eigenvalue weighted by Gasteiger charge is -2.24. The molecule has 1 fully saturated rings. The SMILES string of the molecule is CCOC(=O)c1ccc(NC(=O)C[C@H]2C(=O)N(c3ccc(OCC)cc3)C(=S)N2CCc2sccc2C)cc1. The molecular formula is C29H31N3O5S2. The van der Waals surface area contributed by atoms with Crippen molar-refractivity contribution in [1.82, 2.24) is 4.90 Å². The van der Waals surface area contributed by atoms with Crippen molar-refractivity contribution in [3.63, 3.8) is 0 Å². The molecule has 1 aromatic heterocycles. The van der Waals surface area contributed by atoms with Crippen LogP contribution in [-0.2, 0) is 20.7 Å². The Labute approximate surface area is 237 Å². The van der Waals surface area contributed by atoms with Crippen LogP contribution < -0.4 is 15.0 Å². The van der Waals surface area contributed by atoms with E-state index < -0.39 is 12.0 Å². The molecule has 2 amide bonds. The summed E-state index contributed by atoms with van der Waals surface area (Å²) in [5.41, 5.74) is 2.74. The second-order valence-electron chi connectivity index (χ2n) is 8.92. The number of amides is 2. The van der Waals surface area contributed by atoms with E-state index in [1.54, 1.807) is 66.8 Å². The molecule has 0 aliphatic carbocycles. The molecule has 10 heteroatoms. The summed E-state index contributed by atoms with van der Waals surface area (Å²) in [5.74, 6) is -0.300. The molecule has 0 radical (unpaired) electrons. The van der Waals surface area contributed by atoms with Crippen LogP contribution in [0.4, 0.5) is 11.4 Å². The molecule has 3 aromatic rings. The maximum absolute atomic E-state index is 13.7. The summed E-state index contributed by atoms with van der Waals surface area (Å²) < 4.78 is 10.5. The number of carbonyl (C=O) groups is 3. The fraction of sp³-hybridized carbons (Fsp3) is 0.310. The lowest BCUT2D eigenvalue weighted by molar-refractivity contribution is -0.124. The molecule has 0 bridgehead atoms. The van der Waals surface area contributed by atoms with Crippen LogP contribution in [0.15, 0.2) is 60.0 Å². The number of thiocarbonyl (C=S) groups is 1. The van der Waals surface area contributed by atoms with Gasteiger partial charge < -0.3 is 19.7 Å². The van der Waals surface area contributed by atoms with E-state index in [-0.39, 0.29) is 24.8 Å². The fourth-order valence-electron chi connectivity index (χ4n) is 4.36. The van der Waals surface area contributed by atoms with Gasteiger partial charge in [-0.3, -0.25) is 14.5 Å². The van der Waals surface area contributed by atoms with Crippen molar-refractivity contribution in [1.29, 1.82) is 0 Å². The monoisotopic (exact) mass is 565 g/mol. The lowest BCUT2D eigenvalue weighted by atomic mass is 10.1. The van der Waals surface area contributed by atoms with Crippen molar-refractivity contribution in [2.45, 2.75) is 39.7 Å². The van der Waals surface area contributed by atoms with Crippen molar-refractivity contribution in [3.8, 4) is 5.75 Å². The number of ether oxygens (including phenoxy) is 2. The second-order valence-corrected chi connectivity index (χ2v) is 10.3. The normalized spacial score (nSPS) is 15.0. The molecule has 1 aliphatic rings. The summed E-state index contributed by atoms with van der Waals surface area (Å²) in [6, 6.07) is 15.0. The molecule has 4 rings (SSSR count). The summed E-state index contributed by atoms with van der Waals surface area (Å²) in [7, 11) is 0. The number of nitrogens with zero attached hydrogens (tertiary/aromatic N) is 2. The van der Waals surface area contributed by atoms with Crippen LogP contribution in [0.2, 0.25) is 0 Å². The zero-order chi connectivity index (χ0) is 27.9. The highest BCUT2D eigenvalue weighted by Gasteiger charge is 2.44.